The van der Waals surface area contributed by atoms with Gasteiger partial charge in [-0.3, -0.25) is 4.79 Å². The molecule has 1 heterocycles. The summed E-state index contributed by atoms with van der Waals surface area (Å²) in [6, 6.07) is 5.89. The van der Waals surface area contributed by atoms with Gasteiger partial charge in [-0.05, 0) is 45.0 Å². The molecule has 104 valence electrons. The van der Waals surface area contributed by atoms with Crippen LogP contribution in [0.15, 0.2) is 18.2 Å². The molecule has 0 bridgehead atoms. The van der Waals surface area contributed by atoms with E-state index in [1.807, 2.05) is 0 Å². The second-order valence-electron chi connectivity index (χ2n) is 5.04. The Labute approximate surface area is 119 Å². The molecule has 1 atom stereocenters. The van der Waals surface area contributed by atoms with Crippen molar-refractivity contribution >= 4 is 17.9 Å². The Morgan fingerprint density at radius 2 is 2.32 bits per heavy atom. The highest BCUT2D eigenvalue weighted by Gasteiger charge is 2.18. The number of aldehydes is 1. The van der Waals surface area contributed by atoms with E-state index in [9.17, 15) is 4.79 Å². The van der Waals surface area contributed by atoms with Gasteiger partial charge in [-0.25, -0.2) is 0 Å². The van der Waals surface area contributed by atoms with Crippen LogP contribution in [0.2, 0.25) is 5.02 Å². The number of halogens is 1. The summed E-state index contributed by atoms with van der Waals surface area (Å²) in [4.78, 5) is 13.4. The van der Waals surface area contributed by atoms with E-state index >= 15 is 0 Å². The monoisotopic (exact) mass is 281 g/mol. The number of benzene rings is 1. The van der Waals surface area contributed by atoms with Gasteiger partial charge in [0, 0.05) is 6.04 Å². The zero-order chi connectivity index (χ0) is 13.7. The molecule has 1 saturated heterocycles. The molecule has 1 fully saturated rings. The summed E-state index contributed by atoms with van der Waals surface area (Å²) < 4.78 is 5.72. The highest BCUT2D eigenvalue weighted by atomic mass is 35.5. The van der Waals surface area contributed by atoms with Gasteiger partial charge in [-0.2, -0.15) is 0 Å². The number of piperidine rings is 1. The maximum Gasteiger partial charge on any atom is 0.155 e. The van der Waals surface area contributed by atoms with Crippen LogP contribution in [0.5, 0.6) is 5.75 Å². The topological polar surface area (TPSA) is 29.5 Å². The Hall–Kier alpha value is -1.06. The summed E-state index contributed by atoms with van der Waals surface area (Å²) in [7, 11) is 2.17. The van der Waals surface area contributed by atoms with E-state index in [0.29, 0.717) is 29.0 Å². The van der Waals surface area contributed by atoms with Crippen LogP contribution in [-0.2, 0) is 0 Å². The van der Waals surface area contributed by atoms with Crippen molar-refractivity contribution in [3.8, 4) is 5.75 Å². The van der Waals surface area contributed by atoms with Crippen molar-refractivity contribution in [1.82, 2.24) is 4.90 Å². The van der Waals surface area contributed by atoms with Crippen molar-refractivity contribution in [3.05, 3.63) is 28.8 Å². The lowest BCUT2D eigenvalue weighted by atomic mass is 10.0. The molecule has 0 aromatic heterocycles. The Balaban J connectivity index is 1.88. The van der Waals surface area contributed by atoms with Gasteiger partial charge in [0.25, 0.3) is 0 Å². The van der Waals surface area contributed by atoms with Gasteiger partial charge in [0.1, 0.15) is 5.75 Å². The average Bonchev–Trinajstić information content (AvgIpc) is 2.41. The lowest BCUT2D eigenvalue weighted by molar-refractivity contribution is 0.111. The third kappa shape index (κ3) is 3.71. The fourth-order valence-electron chi connectivity index (χ4n) is 2.57. The summed E-state index contributed by atoms with van der Waals surface area (Å²) in [6.45, 7) is 1.79. The van der Waals surface area contributed by atoms with Crippen molar-refractivity contribution in [2.75, 3.05) is 20.2 Å². The van der Waals surface area contributed by atoms with Crippen LogP contribution in [0.4, 0.5) is 0 Å². The van der Waals surface area contributed by atoms with Gasteiger partial charge in [0.05, 0.1) is 17.2 Å². The van der Waals surface area contributed by atoms with Crippen molar-refractivity contribution in [2.45, 2.75) is 31.7 Å². The largest absolute Gasteiger partial charge is 0.493 e. The lowest BCUT2D eigenvalue weighted by Crippen LogP contribution is -2.37. The minimum Gasteiger partial charge on any atom is -0.493 e. The van der Waals surface area contributed by atoms with Gasteiger partial charge >= 0.3 is 0 Å². The summed E-state index contributed by atoms with van der Waals surface area (Å²) in [5, 5.41) is 0.447. The second kappa shape index (κ2) is 6.92. The summed E-state index contributed by atoms with van der Waals surface area (Å²) >= 11 is 5.96. The first-order chi connectivity index (χ1) is 9.22. The molecule has 2 rings (SSSR count). The van der Waals surface area contributed by atoms with Crippen LogP contribution in [0.1, 0.15) is 36.0 Å². The Kier molecular flexibility index (Phi) is 5.23. The Morgan fingerprint density at radius 1 is 1.47 bits per heavy atom. The first-order valence-corrected chi connectivity index (χ1v) is 7.17. The Bertz CT molecular complexity index is 436. The van der Waals surface area contributed by atoms with Crippen molar-refractivity contribution in [2.24, 2.45) is 0 Å². The zero-order valence-corrected chi connectivity index (χ0v) is 12.0. The molecule has 0 spiro atoms. The average molecular weight is 282 g/mol. The molecule has 3 nitrogen and oxygen atoms in total. The van der Waals surface area contributed by atoms with E-state index < -0.39 is 0 Å². The number of carbonyl (C=O) groups is 1. The van der Waals surface area contributed by atoms with E-state index in [2.05, 4.69) is 11.9 Å². The van der Waals surface area contributed by atoms with Gasteiger partial charge in [0.2, 0.25) is 0 Å². The number of ether oxygens (including phenoxy) is 1. The molecule has 0 aliphatic carbocycles. The van der Waals surface area contributed by atoms with Gasteiger partial charge in [0.15, 0.2) is 6.29 Å². The van der Waals surface area contributed by atoms with Crippen LogP contribution >= 0.6 is 11.6 Å². The smallest absolute Gasteiger partial charge is 0.155 e. The third-order valence-corrected chi connectivity index (χ3v) is 4.09. The number of carbonyl (C=O) groups excluding carboxylic acids is 1. The number of hydrogen-bond acceptors (Lipinski definition) is 3. The first-order valence-electron chi connectivity index (χ1n) is 6.79. The number of likely N-dealkylation sites (tertiary alicyclic amines) is 1. The highest BCUT2D eigenvalue weighted by molar-refractivity contribution is 6.33. The summed E-state index contributed by atoms with van der Waals surface area (Å²) in [5.74, 6) is 0.584. The van der Waals surface area contributed by atoms with Crippen LogP contribution in [0.25, 0.3) is 0 Å². The molecule has 0 amide bonds. The maximum absolute atomic E-state index is 11.0. The normalized spacial score (nSPS) is 20.2. The predicted molar refractivity (Wildman–Crippen MR) is 77.2 cm³/mol. The van der Waals surface area contributed by atoms with E-state index in [4.69, 9.17) is 16.3 Å². The molecular formula is C15H20ClNO2. The minimum atomic E-state index is 0.446. The molecule has 1 aliphatic heterocycles. The molecule has 1 aliphatic rings. The van der Waals surface area contributed by atoms with Crippen molar-refractivity contribution < 1.29 is 9.53 Å². The van der Waals surface area contributed by atoms with E-state index in [-0.39, 0.29) is 0 Å². The first kappa shape index (κ1) is 14.4. The highest BCUT2D eigenvalue weighted by Crippen LogP contribution is 2.25. The SMILES string of the molecule is CN1CCCCC1CCOc1cccc(Cl)c1C=O. The van der Waals surface area contributed by atoms with Gasteiger partial charge < -0.3 is 9.64 Å². The minimum absolute atomic E-state index is 0.446. The molecule has 0 saturated carbocycles. The molecular weight excluding hydrogens is 262 g/mol. The Morgan fingerprint density at radius 3 is 3.05 bits per heavy atom. The fourth-order valence-corrected chi connectivity index (χ4v) is 2.78. The number of hydrogen-bond donors (Lipinski definition) is 0. The zero-order valence-electron chi connectivity index (χ0n) is 11.3. The molecule has 0 N–H and O–H groups in total. The summed E-state index contributed by atoms with van der Waals surface area (Å²) in [6.07, 6.45) is 5.56. The molecule has 1 aromatic carbocycles. The van der Waals surface area contributed by atoms with E-state index in [1.165, 1.54) is 25.8 Å². The fraction of sp³-hybridized carbons (Fsp3) is 0.533. The van der Waals surface area contributed by atoms with Crippen molar-refractivity contribution in [3.63, 3.8) is 0 Å². The van der Waals surface area contributed by atoms with Crippen molar-refractivity contribution in [1.29, 1.82) is 0 Å². The number of rotatable bonds is 5. The molecule has 19 heavy (non-hydrogen) atoms. The maximum atomic E-state index is 11.0. The lowest BCUT2D eigenvalue weighted by Gasteiger charge is -2.32. The molecule has 4 heteroatoms. The van der Waals surface area contributed by atoms with Gasteiger partial charge in [-0.15, -0.1) is 0 Å². The van der Waals surface area contributed by atoms with Crippen LogP contribution in [0, 0.1) is 0 Å². The van der Waals surface area contributed by atoms with Crippen LogP contribution in [0.3, 0.4) is 0 Å². The quantitative estimate of drug-likeness (QED) is 0.775. The standard InChI is InChI=1S/C15H20ClNO2/c1-17-9-3-2-5-12(17)8-10-19-15-7-4-6-14(16)13(15)11-18/h4,6-7,11-12H,2-3,5,8-10H2,1H3. The van der Waals surface area contributed by atoms with Gasteiger partial charge in [-0.1, -0.05) is 24.1 Å². The number of nitrogens with zero attached hydrogens (tertiary/aromatic N) is 1. The van der Waals surface area contributed by atoms with E-state index in [0.717, 1.165) is 12.7 Å². The third-order valence-electron chi connectivity index (χ3n) is 3.76. The molecule has 1 aromatic rings. The predicted octanol–water partition coefficient (Wildman–Crippen LogP) is 3.41. The summed E-state index contributed by atoms with van der Waals surface area (Å²) in [5.41, 5.74) is 0.446. The molecule has 1 unspecified atom stereocenters. The second-order valence-corrected chi connectivity index (χ2v) is 5.44. The molecule has 0 radical (unpaired) electrons. The van der Waals surface area contributed by atoms with Crippen LogP contribution < -0.4 is 4.74 Å². The van der Waals surface area contributed by atoms with Crippen LogP contribution in [-0.4, -0.2) is 37.4 Å². The van der Waals surface area contributed by atoms with E-state index in [1.54, 1.807) is 18.2 Å².